The van der Waals surface area contributed by atoms with E-state index >= 15 is 0 Å². The molecule has 1 fully saturated rings. The van der Waals surface area contributed by atoms with E-state index in [-0.39, 0.29) is 0 Å². The molecule has 0 aliphatic heterocycles. The predicted octanol–water partition coefficient (Wildman–Crippen LogP) is 0.889. The number of rotatable bonds is 4. The van der Waals surface area contributed by atoms with Gasteiger partial charge < -0.3 is 4.74 Å². The van der Waals surface area contributed by atoms with Crippen molar-refractivity contribution in [1.29, 1.82) is 0 Å². The van der Waals surface area contributed by atoms with Crippen LogP contribution >= 0.6 is 0 Å². The molecular weight excluding hydrogens is 114 g/mol. The van der Waals surface area contributed by atoms with Gasteiger partial charge in [-0.1, -0.05) is 0 Å². The Kier molecular flexibility index (Phi) is 2.49. The summed E-state index contributed by atoms with van der Waals surface area (Å²) in [6.07, 6.45) is 2.65. The summed E-state index contributed by atoms with van der Waals surface area (Å²) in [5.41, 5.74) is 0. The van der Waals surface area contributed by atoms with Crippen molar-refractivity contribution < 1.29 is 4.74 Å². The van der Waals surface area contributed by atoms with E-state index in [4.69, 9.17) is 4.74 Å². The Morgan fingerprint density at radius 2 is 2.33 bits per heavy atom. The van der Waals surface area contributed by atoms with Crippen LogP contribution in [0.2, 0.25) is 0 Å². The van der Waals surface area contributed by atoms with Gasteiger partial charge in [0.05, 0.1) is 6.61 Å². The lowest BCUT2D eigenvalue weighted by molar-refractivity contribution is 0.165. The van der Waals surface area contributed by atoms with Crippen LogP contribution in [-0.2, 0) is 4.74 Å². The van der Waals surface area contributed by atoms with Crippen LogP contribution in [0, 0.1) is 7.05 Å². The van der Waals surface area contributed by atoms with Crippen molar-refractivity contribution in [1.82, 2.24) is 4.90 Å². The average molecular weight is 128 g/mol. The summed E-state index contributed by atoms with van der Waals surface area (Å²) in [5.74, 6) is 0. The normalized spacial score (nSPS) is 19.0. The van der Waals surface area contributed by atoms with E-state index in [1.807, 2.05) is 0 Å². The Hall–Kier alpha value is -0.0800. The lowest BCUT2D eigenvalue weighted by Crippen LogP contribution is -2.22. The van der Waals surface area contributed by atoms with Crippen molar-refractivity contribution in [3.63, 3.8) is 0 Å². The van der Waals surface area contributed by atoms with Crippen molar-refractivity contribution in [3.05, 3.63) is 7.05 Å². The number of hydrogen-bond acceptors (Lipinski definition) is 2. The molecule has 0 aromatic heterocycles. The molecule has 0 bridgehead atoms. The van der Waals surface area contributed by atoms with Crippen LogP contribution in [0.4, 0.5) is 0 Å². The number of hydrogen-bond donors (Lipinski definition) is 0. The topological polar surface area (TPSA) is 12.5 Å². The molecule has 0 amide bonds. The first-order valence-corrected chi connectivity index (χ1v) is 3.40. The van der Waals surface area contributed by atoms with Gasteiger partial charge in [0.25, 0.3) is 0 Å². The first-order valence-electron chi connectivity index (χ1n) is 3.40. The highest BCUT2D eigenvalue weighted by molar-refractivity contribution is 4.83. The molecule has 2 nitrogen and oxygen atoms in total. The molecule has 1 saturated carbocycles. The van der Waals surface area contributed by atoms with Crippen molar-refractivity contribution in [2.75, 3.05) is 20.3 Å². The van der Waals surface area contributed by atoms with Gasteiger partial charge in [-0.05, 0) is 12.8 Å². The van der Waals surface area contributed by atoms with Crippen LogP contribution < -0.4 is 0 Å². The lowest BCUT2D eigenvalue weighted by atomic mass is 10.5. The van der Waals surface area contributed by atoms with Crippen LogP contribution in [0.1, 0.15) is 12.8 Å². The maximum absolute atomic E-state index is 4.91. The Morgan fingerprint density at radius 3 is 2.78 bits per heavy atom. The van der Waals surface area contributed by atoms with Gasteiger partial charge in [0.1, 0.15) is 0 Å². The highest BCUT2D eigenvalue weighted by atomic mass is 16.5. The summed E-state index contributed by atoms with van der Waals surface area (Å²) >= 11 is 0. The van der Waals surface area contributed by atoms with Crippen molar-refractivity contribution in [3.8, 4) is 0 Å². The first-order chi connectivity index (χ1) is 4.34. The van der Waals surface area contributed by atoms with Crippen molar-refractivity contribution in [2.24, 2.45) is 0 Å². The summed E-state index contributed by atoms with van der Waals surface area (Å²) in [6, 6.07) is 0.764. The summed E-state index contributed by atoms with van der Waals surface area (Å²) < 4.78 is 4.91. The zero-order chi connectivity index (χ0) is 6.69. The average Bonchev–Trinajstić information content (AvgIpc) is 2.63. The molecular formula is C7H14NO. The molecule has 0 unspecified atom stereocenters. The van der Waals surface area contributed by atoms with Crippen LogP contribution in [-0.4, -0.2) is 31.2 Å². The third-order valence-electron chi connectivity index (χ3n) is 1.65. The Bertz CT molecular complexity index is 81.0. The zero-order valence-electron chi connectivity index (χ0n) is 5.97. The predicted molar refractivity (Wildman–Crippen MR) is 37.0 cm³/mol. The fraction of sp³-hybridized carbons (Fsp3) is 0.857. The van der Waals surface area contributed by atoms with Gasteiger partial charge in [0, 0.05) is 26.7 Å². The standard InChI is InChI=1S/C7H14NO/c1-8(5-6-9-2)7-3-4-7/h7H,1,3-6H2,2H3. The maximum atomic E-state index is 4.91. The quantitative estimate of drug-likeness (QED) is 0.557. The van der Waals surface area contributed by atoms with E-state index < -0.39 is 0 Å². The minimum atomic E-state index is 0.764. The van der Waals surface area contributed by atoms with Gasteiger partial charge in [-0.15, -0.1) is 0 Å². The maximum Gasteiger partial charge on any atom is 0.0589 e. The molecule has 1 aliphatic carbocycles. The van der Waals surface area contributed by atoms with Crippen LogP contribution in [0.3, 0.4) is 0 Å². The molecule has 0 aromatic carbocycles. The smallest absolute Gasteiger partial charge is 0.0589 e. The van der Waals surface area contributed by atoms with Gasteiger partial charge >= 0.3 is 0 Å². The Balaban J connectivity index is 1.96. The van der Waals surface area contributed by atoms with Gasteiger partial charge in [-0.25, -0.2) is 0 Å². The van der Waals surface area contributed by atoms with Crippen molar-refractivity contribution in [2.45, 2.75) is 18.9 Å². The number of nitrogens with zero attached hydrogens (tertiary/aromatic N) is 1. The second-order valence-corrected chi connectivity index (χ2v) is 2.54. The molecule has 0 heterocycles. The molecule has 0 N–H and O–H groups in total. The fourth-order valence-corrected chi connectivity index (χ4v) is 0.831. The molecule has 0 saturated heterocycles. The van der Waals surface area contributed by atoms with Gasteiger partial charge in [-0.2, -0.15) is 0 Å². The Labute approximate surface area is 56.8 Å². The summed E-state index contributed by atoms with van der Waals surface area (Å²) in [6.45, 7) is 1.78. The van der Waals surface area contributed by atoms with Gasteiger partial charge in [0.15, 0.2) is 0 Å². The zero-order valence-corrected chi connectivity index (χ0v) is 5.97. The third-order valence-corrected chi connectivity index (χ3v) is 1.65. The summed E-state index contributed by atoms with van der Waals surface area (Å²) in [4.78, 5) is 2.11. The largest absolute Gasteiger partial charge is 0.383 e. The monoisotopic (exact) mass is 128 g/mol. The molecule has 0 aromatic rings. The molecule has 0 spiro atoms. The highest BCUT2D eigenvalue weighted by Gasteiger charge is 2.25. The van der Waals surface area contributed by atoms with E-state index in [0.717, 1.165) is 19.2 Å². The molecule has 2 heteroatoms. The SMILES string of the molecule is [CH2]N(CCOC)C1CC1. The lowest BCUT2D eigenvalue weighted by Gasteiger charge is -2.13. The molecule has 0 atom stereocenters. The summed E-state index contributed by atoms with van der Waals surface area (Å²) in [5, 5.41) is 0. The van der Waals surface area contributed by atoms with E-state index in [0.29, 0.717) is 0 Å². The van der Waals surface area contributed by atoms with Crippen LogP contribution in [0.15, 0.2) is 0 Å². The Morgan fingerprint density at radius 1 is 1.67 bits per heavy atom. The molecule has 1 rings (SSSR count). The van der Waals surface area contributed by atoms with Gasteiger partial charge in [0.2, 0.25) is 0 Å². The molecule has 1 radical (unpaired) electrons. The van der Waals surface area contributed by atoms with E-state index in [1.165, 1.54) is 12.8 Å². The molecule has 53 valence electrons. The highest BCUT2D eigenvalue weighted by Crippen LogP contribution is 2.25. The summed E-state index contributed by atoms with van der Waals surface area (Å²) in [7, 11) is 5.61. The van der Waals surface area contributed by atoms with E-state index in [9.17, 15) is 0 Å². The number of methoxy groups -OCH3 is 1. The van der Waals surface area contributed by atoms with E-state index in [1.54, 1.807) is 7.11 Å². The second-order valence-electron chi connectivity index (χ2n) is 2.54. The minimum Gasteiger partial charge on any atom is -0.383 e. The third kappa shape index (κ3) is 2.33. The van der Waals surface area contributed by atoms with Crippen LogP contribution in [0.25, 0.3) is 0 Å². The van der Waals surface area contributed by atoms with Gasteiger partial charge in [-0.3, -0.25) is 4.90 Å². The number of ether oxygens (including phenoxy) is 1. The molecule has 1 aliphatic rings. The van der Waals surface area contributed by atoms with E-state index in [2.05, 4.69) is 11.9 Å². The second kappa shape index (κ2) is 3.18. The minimum absolute atomic E-state index is 0.764. The van der Waals surface area contributed by atoms with Crippen molar-refractivity contribution >= 4 is 0 Å². The fourth-order valence-electron chi connectivity index (χ4n) is 0.831. The first kappa shape index (κ1) is 7.03. The molecule has 9 heavy (non-hydrogen) atoms. The van der Waals surface area contributed by atoms with Crippen LogP contribution in [0.5, 0.6) is 0 Å².